The van der Waals surface area contributed by atoms with Crippen molar-refractivity contribution in [2.75, 3.05) is 13.1 Å². The second-order valence-corrected chi connectivity index (χ2v) is 9.20. The van der Waals surface area contributed by atoms with Gasteiger partial charge < -0.3 is 0 Å². The molecule has 178 valence electrons. The van der Waals surface area contributed by atoms with Crippen molar-refractivity contribution in [3.63, 3.8) is 0 Å². The number of hydrazine groups is 1. The molecule has 1 aromatic heterocycles. The number of amides is 1. The van der Waals surface area contributed by atoms with Crippen molar-refractivity contribution >= 4 is 29.1 Å². The second-order valence-electron chi connectivity index (χ2n) is 8.36. The molecule has 2 heterocycles. The molecule has 1 N–H and O–H groups in total. The van der Waals surface area contributed by atoms with Crippen molar-refractivity contribution in [2.24, 2.45) is 0 Å². The van der Waals surface area contributed by atoms with Gasteiger partial charge in [-0.05, 0) is 50.1 Å². The fraction of sp³-hybridized carbons (Fsp3) is 0.296. The molecule has 0 bridgehead atoms. The summed E-state index contributed by atoms with van der Waals surface area (Å²) in [6, 6.07) is 15.0. The third kappa shape index (κ3) is 5.86. The van der Waals surface area contributed by atoms with E-state index in [1.54, 1.807) is 22.9 Å². The molecule has 0 unspecified atom stereocenters. The Kier molecular flexibility index (Phi) is 8.10. The van der Waals surface area contributed by atoms with Gasteiger partial charge in [0, 0.05) is 47.6 Å². The van der Waals surface area contributed by atoms with E-state index in [2.05, 4.69) is 23.3 Å². The first kappa shape index (κ1) is 24.8. The number of carbonyl (C=O) groups is 1. The van der Waals surface area contributed by atoms with Crippen LogP contribution in [0.1, 0.15) is 53.7 Å². The van der Waals surface area contributed by atoms with Crippen LogP contribution in [0.5, 0.6) is 0 Å². The molecule has 1 fully saturated rings. The van der Waals surface area contributed by atoms with Crippen molar-refractivity contribution in [2.45, 2.75) is 39.0 Å². The highest BCUT2D eigenvalue weighted by atomic mass is 35.5. The quantitative estimate of drug-likeness (QED) is 0.343. The lowest BCUT2D eigenvalue weighted by molar-refractivity contribution is 0.0743. The minimum atomic E-state index is -0.241. The lowest BCUT2D eigenvalue weighted by Crippen LogP contribution is -2.45. The highest BCUT2D eigenvalue weighted by molar-refractivity contribution is 6.35. The van der Waals surface area contributed by atoms with E-state index in [0.717, 1.165) is 48.3 Å². The maximum atomic E-state index is 13.2. The van der Waals surface area contributed by atoms with Crippen molar-refractivity contribution in [3.8, 4) is 34.9 Å². The predicted octanol–water partition coefficient (Wildman–Crippen LogP) is 5.94. The van der Waals surface area contributed by atoms with Gasteiger partial charge in [-0.1, -0.05) is 53.6 Å². The van der Waals surface area contributed by atoms with Crippen LogP contribution in [0.4, 0.5) is 0 Å². The highest BCUT2D eigenvalue weighted by Gasteiger charge is 2.24. The molecule has 0 aliphatic carbocycles. The average Bonchev–Trinajstić information content (AvgIpc) is 3.19. The molecule has 0 radical (unpaired) electrons. The Labute approximate surface area is 215 Å². The topological polar surface area (TPSA) is 74.0 Å². The molecule has 4 rings (SSSR count). The van der Waals surface area contributed by atoms with E-state index in [1.165, 1.54) is 6.42 Å². The van der Waals surface area contributed by atoms with Gasteiger partial charge >= 0.3 is 0 Å². The lowest BCUT2D eigenvalue weighted by Gasteiger charge is -2.26. The number of unbranched alkanes of at least 4 members (excludes halogenated alkanes) is 1. The number of hydrogen-bond donors (Lipinski definition) is 1. The molecule has 8 heteroatoms. The van der Waals surface area contributed by atoms with E-state index < -0.39 is 0 Å². The number of benzene rings is 2. The Morgan fingerprint density at radius 1 is 1.09 bits per heavy atom. The minimum Gasteiger partial charge on any atom is -0.283 e. The maximum absolute atomic E-state index is 13.2. The number of hydrogen-bond acceptors (Lipinski definition) is 4. The van der Waals surface area contributed by atoms with Crippen LogP contribution in [0.3, 0.4) is 0 Å². The Bertz CT molecular complexity index is 1320. The zero-order chi connectivity index (χ0) is 24.8. The van der Waals surface area contributed by atoms with Gasteiger partial charge in [0.05, 0.1) is 22.5 Å². The molecule has 1 amide bonds. The maximum Gasteiger partial charge on any atom is 0.286 e. The van der Waals surface area contributed by atoms with Gasteiger partial charge in [-0.25, -0.2) is 9.69 Å². The summed E-state index contributed by atoms with van der Waals surface area (Å²) >= 11 is 12.7. The van der Waals surface area contributed by atoms with Crippen LogP contribution in [0, 0.1) is 30.1 Å². The fourth-order valence-corrected chi connectivity index (χ4v) is 4.56. The van der Waals surface area contributed by atoms with Gasteiger partial charge in [0.25, 0.3) is 5.91 Å². The summed E-state index contributed by atoms with van der Waals surface area (Å²) in [5.41, 5.74) is 7.22. The summed E-state index contributed by atoms with van der Waals surface area (Å²) < 4.78 is 1.70. The zero-order valence-electron chi connectivity index (χ0n) is 19.4. The van der Waals surface area contributed by atoms with Crippen molar-refractivity contribution in [3.05, 3.63) is 69.3 Å². The van der Waals surface area contributed by atoms with E-state index in [0.29, 0.717) is 34.3 Å². The monoisotopic (exact) mass is 505 g/mol. The molecule has 0 atom stereocenters. The Morgan fingerprint density at radius 2 is 1.83 bits per heavy atom. The van der Waals surface area contributed by atoms with Crippen LogP contribution in [-0.2, 0) is 0 Å². The van der Waals surface area contributed by atoms with Crippen LogP contribution in [0.15, 0.2) is 42.5 Å². The molecule has 2 aromatic carbocycles. The third-order valence-electron chi connectivity index (χ3n) is 5.84. The van der Waals surface area contributed by atoms with Crippen LogP contribution in [-0.4, -0.2) is 33.8 Å². The first-order chi connectivity index (χ1) is 17.0. The van der Waals surface area contributed by atoms with Crippen LogP contribution in [0.25, 0.3) is 16.9 Å². The Morgan fingerprint density at radius 3 is 2.51 bits per heavy atom. The Balaban J connectivity index is 1.73. The summed E-state index contributed by atoms with van der Waals surface area (Å²) in [6.45, 7) is 3.56. The fourth-order valence-electron chi connectivity index (χ4n) is 4.07. The SMILES string of the molecule is Cc1c(C(=O)NN2CCCCC2)nn(-c2ccc(Cl)cc2Cl)c1-c1ccc(C#CCCC#N)cc1. The number of piperidine rings is 1. The first-order valence-electron chi connectivity index (χ1n) is 11.5. The van der Waals surface area contributed by atoms with Crippen molar-refractivity contribution in [1.82, 2.24) is 20.2 Å². The number of rotatable bonds is 5. The summed E-state index contributed by atoms with van der Waals surface area (Å²) in [5.74, 6) is 5.84. The third-order valence-corrected chi connectivity index (χ3v) is 6.38. The summed E-state index contributed by atoms with van der Waals surface area (Å²) in [4.78, 5) is 13.2. The molecule has 3 aromatic rings. The second kappa shape index (κ2) is 11.4. The molecular weight excluding hydrogens is 481 g/mol. The van der Waals surface area contributed by atoms with E-state index in [-0.39, 0.29) is 5.91 Å². The number of nitriles is 1. The van der Waals surface area contributed by atoms with Crippen molar-refractivity contribution < 1.29 is 4.79 Å². The summed E-state index contributed by atoms with van der Waals surface area (Å²) in [6.07, 6.45) is 4.25. The molecule has 35 heavy (non-hydrogen) atoms. The largest absolute Gasteiger partial charge is 0.286 e. The number of nitrogens with one attached hydrogen (secondary N) is 1. The molecule has 0 saturated carbocycles. The van der Waals surface area contributed by atoms with E-state index in [9.17, 15) is 4.79 Å². The summed E-state index contributed by atoms with van der Waals surface area (Å²) in [7, 11) is 0. The van der Waals surface area contributed by atoms with E-state index in [1.807, 2.05) is 36.2 Å². The lowest BCUT2D eigenvalue weighted by atomic mass is 10.0. The smallest absolute Gasteiger partial charge is 0.283 e. The molecule has 1 aliphatic rings. The van der Waals surface area contributed by atoms with Gasteiger partial charge in [-0.2, -0.15) is 10.4 Å². The first-order valence-corrected chi connectivity index (χ1v) is 12.3. The number of aromatic nitrogens is 2. The number of carbonyl (C=O) groups excluding carboxylic acids is 1. The van der Waals surface area contributed by atoms with Crippen LogP contribution in [0.2, 0.25) is 10.0 Å². The highest BCUT2D eigenvalue weighted by Crippen LogP contribution is 2.33. The van der Waals surface area contributed by atoms with Gasteiger partial charge in [-0.3, -0.25) is 10.2 Å². The summed E-state index contributed by atoms with van der Waals surface area (Å²) in [5, 5.41) is 16.3. The van der Waals surface area contributed by atoms with Crippen LogP contribution >= 0.6 is 23.2 Å². The molecule has 0 spiro atoms. The van der Waals surface area contributed by atoms with Gasteiger partial charge in [-0.15, -0.1) is 0 Å². The van der Waals surface area contributed by atoms with Gasteiger partial charge in [0.15, 0.2) is 5.69 Å². The standard InChI is InChI=1S/C27H25Cl2N5O/c1-19-25(27(35)32-33-16-6-3-7-17-33)31-34(24-14-13-22(28)18-23(24)29)26(19)21-11-9-20(10-12-21)8-4-2-5-15-30/h9-14,18H,2-3,5-7,16-17H2,1H3,(H,32,35). The molecule has 1 saturated heterocycles. The Hall–Kier alpha value is -3.29. The van der Waals surface area contributed by atoms with E-state index in [4.69, 9.17) is 33.6 Å². The van der Waals surface area contributed by atoms with Crippen molar-refractivity contribution in [1.29, 1.82) is 5.26 Å². The molecular formula is C27H25Cl2N5O. The minimum absolute atomic E-state index is 0.241. The number of halogens is 2. The van der Waals surface area contributed by atoms with Crippen LogP contribution < -0.4 is 5.43 Å². The van der Waals surface area contributed by atoms with E-state index >= 15 is 0 Å². The van der Waals surface area contributed by atoms with Gasteiger partial charge in [0.2, 0.25) is 0 Å². The molecule has 1 aliphatic heterocycles. The number of nitrogens with zero attached hydrogens (tertiary/aromatic N) is 4. The molecule has 6 nitrogen and oxygen atoms in total. The van der Waals surface area contributed by atoms with Gasteiger partial charge in [0.1, 0.15) is 0 Å². The zero-order valence-corrected chi connectivity index (χ0v) is 21.0. The predicted molar refractivity (Wildman–Crippen MR) is 138 cm³/mol. The average molecular weight is 506 g/mol. The normalized spacial score (nSPS) is 13.5.